The number of nitrogens with zero attached hydrogens (tertiary/aromatic N) is 2. The fraction of sp³-hybridized carbons (Fsp3) is 0.182. The van der Waals surface area contributed by atoms with Crippen LogP contribution < -0.4 is 0 Å². The molecular formula is C22H20N2O3S2. The maximum absolute atomic E-state index is 12.4. The first-order chi connectivity index (χ1) is 13.9. The van der Waals surface area contributed by atoms with E-state index in [0.717, 1.165) is 29.5 Å². The molecule has 29 heavy (non-hydrogen) atoms. The topological polar surface area (TPSA) is 79.5 Å². The third-order valence-corrected chi connectivity index (χ3v) is 6.44. The molecule has 0 saturated heterocycles. The summed E-state index contributed by atoms with van der Waals surface area (Å²) in [6, 6.07) is 16.4. The number of hydrogen-bond acceptors (Lipinski definition) is 6. The van der Waals surface area contributed by atoms with Crippen molar-refractivity contribution in [3.8, 4) is 6.07 Å². The highest BCUT2D eigenvalue weighted by molar-refractivity contribution is 8.18. The van der Waals surface area contributed by atoms with E-state index < -0.39 is 10.1 Å². The Hall–Kier alpha value is -2.82. The molecule has 2 aromatic rings. The molecule has 0 N–H and O–H groups in total. The number of oxime groups is 1. The molecule has 0 aromatic heterocycles. The van der Waals surface area contributed by atoms with Gasteiger partial charge in [-0.3, -0.25) is 4.28 Å². The van der Waals surface area contributed by atoms with Gasteiger partial charge in [0.15, 0.2) is 0 Å². The summed E-state index contributed by atoms with van der Waals surface area (Å²) in [5, 5.41) is 13.7. The second-order valence-corrected chi connectivity index (χ2v) is 9.04. The van der Waals surface area contributed by atoms with E-state index in [-0.39, 0.29) is 4.90 Å². The summed E-state index contributed by atoms with van der Waals surface area (Å²) in [6.45, 7) is 4.00. The van der Waals surface area contributed by atoms with Crippen molar-refractivity contribution in [2.45, 2.75) is 31.6 Å². The number of allylic oxidation sites excluding steroid dienone is 2. The predicted molar refractivity (Wildman–Crippen MR) is 117 cm³/mol. The first kappa shape index (κ1) is 20.9. The molecule has 148 valence electrons. The molecule has 0 radical (unpaired) electrons. The summed E-state index contributed by atoms with van der Waals surface area (Å²) in [5.41, 5.74) is 3.41. The van der Waals surface area contributed by atoms with E-state index >= 15 is 0 Å². The first-order valence-electron chi connectivity index (χ1n) is 9.11. The molecule has 0 spiro atoms. The summed E-state index contributed by atoms with van der Waals surface area (Å²) in [7, 11) is -4.00. The van der Waals surface area contributed by atoms with E-state index in [2.05, 4.69) is 18.1 Å². The van der Waals surface area contributed by atoms with Crippen LogP contribution >= 0.6 is 11.8 Å². The molecule has 0 atom stereocenters. The minimum atomic E-state index is -4.00. The maximum Gasteiger partial charge on any atom is 0.358 e. The fourth-order valence-electron chi connectivity index (χ4n) is 2.85. The van der Waals surface area contributed by atoms with Crippen molar-refractivity contribution in [1.29, 1.82) is 5.26 Å². The zero-order valence-electron chi connectivity index (χ0n) is 16.1. The van der Waals surface area contributed by atoms with Gasteiger partial charge < -0.3 is 0 Å². The van der Waals surface area contributed by atoms with Crippen LogP contribution in [0.5, 0.6) is 0 Å². The highest BCUT2D eigenvalue weighted by Crippen LogP contribution is 2.35. The molecule has 0 fully saturated rings. The van der Waals surface area contributed by atoms with Gasteiger partial charge in [0.05, 0.1) is 5.57 Å². The Bertz CT molecular complexity index is 1140. The van der Waals surface area contributed by atoms with Gasteiger partial charge in [0.25, 0.3) is 0 Å². The largest absolute Gasteiger partial charge is 0.358 e. The van der Waals surface area contributed by atoms with Crippen LogP contribution in [-0.4, -0.2) is 13.5 Å². The Kier molecular flexibility index (Phi) is 6.57. The van der Waals surface area contributed by atoms with Gasteiger partial charge in [-0.05, 0) is 54.3 Å². The van der Waals surface area contributed by atoms with E-state index in [1.807, 2.05) is 31.2 Å². The average molecular weight is 425 g/mol. The standard InChI is InChI=1S/C22H20N2O3S2/c1-3-6-17-9-11-18(12-10-17)29(25,26)27-24-22-14-13-21(28-22)20(15-23)19-8-5-4-7-16(19)2/h4-5,7-14H,3,6H2,1-2H3/b21-20+,24-22?. The summed E-state index contributed by atoms with van der Waals surface area (Å²) in [4.78, 5) is 0.757. The zero-order chi connectivity index (χ0) is 20.9. The van der Waals surface area contributed by atoms with Crippen LogP contribution in [0.2, 0.25) is 0 Å². The number of hydrogen-bond donors (Lipinski definition) is 0. The number of thioether (sulfide) groups is 1. The Labute approximate surface area is 175 Å². The lowest BCUT2D eigenvalue weighted by atomic mass is 10.0. The predicted octanol–water partition coefficient (Wildman–Crippen LogP) is 5.20. The summed E-state index contributed by atoms with van der Waals surface area (Å²) >= 11 is 1.20. The minimum Gasteiger partial charge on any atom is -0.264 e. The van der Waals surface area contributed by atoms with Crippen molar-refractivity contribution in [2.75, 3.05) is 0 Å². The molecule has 0 aliphatic carbocycles. The average Bonchev–Trinajstić information content (AvgIpc) is 3.18. The van der Waals surface area contributed by atoms with Gasteiger partial charge in [-0.2, -0.15) is 13.7 Å². The van der Waals surface area contributed by atoms with E-state index in [1.165, 1.54) is 23.9 Å². The summed E-state index contributed by atoms with van der Waals surface area (Å²) in [6.07, 6.45) is 5.25. The molecular weight excluding hydrogens is 404 g/mol. The van der Waals surface area contributed by atoms with Crippen molar-refractivity contribution < 1.29 is 12.7 Å². The molecule has 0 unspecified atom stereocenters. The molecule has 1 aliphatic heterocycles. The molecule has 0 saturated carbocycles. The maximum atomic E-state index is 12.4. The second kappa shape index (κ2) is 9.12. The Balaban J connectivity index is 1.77. The Morgan fingerprint density at radius 1 is 1.14 bits per heavy atom. The molecule has 1 aliphatic rings. The first-order valence-corrected chi connectivity index (χ1v) is 11.3. The van der Waals surface area contributed by atoms with Gasteiger partial charge in [-0.1, -0.05) is 66.7 Å². The second-order valence-electron chi connectivity index (χ2n) is 6.45. The summed E-state index contributed by atoms with van der Waals surface area (Å²) < 4.78 is 29.6. The van der Waals surface area contributed by atoms with E-state index in [4.69, 9.17) is 4.28 Å². The molecule has 7 heteroatoms. The van der Waals surface area contributed by atoms with Crippen LogP contribution in [0.15, 0.2) is 75.6 Å². The molecule has 0 bridgehead atoms. The van der Waals surface area contributed by atoms with Gasteiger partial charge in [-0.25, -0.2) is 0 Å². The van der Waals surface area contributed by atoms with Crippen LogP contribution in [0.1, 0.15) is 30.0 Å². The lowest BCUT2D eigenvalue weighted by molar-refractivity contribution is 0.340. The molecule has 0 amide bonds. The lowest BCUT2D eigenvalue weighted by Crippen LogP contribution is -2.03. The zero-order valence-corrected chi connectivity index (χ0v) is 17.8. The van der Waals surface area contributed by atoms with Crippen LogP contribution in [0.25, 0.3) is 5.57 Å². The minimum absolute atomic E-state index is 0.0575. The number of nitriles is 1. The van der Waals surface area contributed by atoms with Gasteiger partial charge in [0.1, 0.15) is 16.0 Å². The number of rotatable bonds is 6. The van der Waals surface area contributed by atoms with Gasteiger partial charge in [0.2, 0.25) is 0 Å². The lowest BCUT2D eigenvalue weighted by Gasteiger charge is -2.06. The van der Waals surface area contributed by atoms with Gasteiger partial charge in [0, 0.05) is 4.91 Å². The van der Waals surface area contributed by atoms with Crippen LogP contribution in [0.4, 0.5) is 0 Å². The van der Waals surface area contributed by atoms with Gasteiger partial charge in [-0.15, -0.1) is 0 Å². The number of benzene rings is 2. The molecule has 1 heterocycles. The normalized spacial score (nSPS) is 16.7. The molecule has 5 nitrogen and oxygen atoms in total. The van der Waals surface area contributed by atoms with E-state index in [0.29, 0.717) is 15.5 Å². The monoisotopic (exact) mass is 424 g/mol. The van der Waals surface area contributed by atoms with Crippen molar-refractivity contribution >= 4 is 32.5 Å². The van der Waals surface area contributed by atoms with Crippen molar-refractivity contribution in [1.82, 2.24) is 0 Å². The summed E-state index contributed by atoms with van der Waals surface area (Å²) in [5.74, 6) is 0. The quantitative estimate of drug-likeness (QED) is 0.470. The molecule has 2 aromatic carbocycles. The van der Waals surface area contributed by atoms with Crippen LogP contribution in [-0.2, 0) is 20.8 Å². The highest BCUT2D eigenvalue weighted by Gasteiger charge is 2.19. The Morgan fingerprint density at radius 3 is 2.52 bits per heavy atom. The van der Waals surface area contributed by atoms with E-state index in [9.17, 15) is 13.7 Å². The third-order valence-electron chi connectivity index (χ3n) is 4.34. The molecule has 3 rings (SSSR count). The van der Waals surface area contributed by atoms with Crippen molar-refractivity contribution in [3.63, 3.8) is 0 Å². The van der Waals surface area contributed by atoms with Gasteiger partial charge >= 0.3 is 10.1 Å². The Morgan fingerprint density at radius 2 is 1.86 bits per heavy atom. The van der Waals surface area contributed by atoms with Crippen molar-refractivity contribution in [3.05, 3.63) is 82.3 Å². The van der Waals surface area contributed by atoms with E-state index in [1.54, 1.807) is 24.3 Å². The fourth-order valence-corrected chi connectivity index (χ4v) is 4.46. The third kappa shape index (κ3) is 4.97. The van der Waals surface area contributed by atoms with Crippen LogP contribution in [0, 0.1) is 18.3 Å². The SMILES string of the molecule is CCCc1ccc(S(=O)(=O)ON=C2C=C/C(=C(/C#N)c3ccccc3C)S2)cc1. The van der Waals surface area contributed by atoms with Crippen LogP contribution in [0.3, 0.4) is 0 Å². The van der Waals surface area contributed by atoms with Crippen molar-refractivity contribution in [2.24, 2.45) is 5.16 Å². The smallest absolute Gasteiger partial charge is 0.264 e. The number of aryl methyl sites for hydroxylation is 2. The highest BCUT2D eigenvalue weighted by atomic mass is 32.2.